The second kappa shape index (κ2) is 7.70. The Morgan fingerprint density at radius 1 is 1.15 bits per heavy atom. The van der Waals surface area contributed by atoms with E-state index >= 15 is 0 Å². The molecule has 1 aliphatic heterocycles. The smallest absolute Gasteiger partial charge is 0.416 e. The maximum absolute atomic E-state index is 13.4. The summed E-state index contributed by atoms with van der Waals surface area (Å²) in [6.07, 6.45) is -4.76. The van der Waals surface area contributed by atoms with Crippen molar-refractivity contribution in [2.45, 2.75) is 71.9 Å². The largest absolute Gasteiger partial charge is 0.444 e. The number of nitrogens with zero attached hydrogens (tertiary/aromatic N) is 2. The summed E-state index contributed by atoms with van der Waals surface area (Å²) in [4.78, 5) is 16.1. The number of benzene rings is 1. The average molecular weight is 386 g/mol. The SMILES string of the molecule is Cc1ccc(CN2CC(C)N(C(=O)OC(C)(C)C)C(C)C2)c(C(F)(F)F)c1. The maximum Gasteiger partial charge on any atom is 0.416 e. The van der Waals surface area contributed by atoms with Crippen LogP contribution in [-0.4, -0.2) is 46.7 Å². The molecule has 27 heavy (non-hydrogen) atoms. The standard InChI is InChI=1S/C20H29F3N2O2/c1-13-7-8-16(17(9-13)20(21,22)23)12-24-10-14(2)25(15(3)11-24)18(26)27-19(4,5)6/h7-9,14-15H,10-12H2,1-6H3. The van der Waals surface area contributed by atoms with Gasteiger partial charge in [0.15, 0.2) is 0 Å². The van der Waals surface area contributed by atoms with Crippen LogP contribution in [0.5, 0.6) is 0 Å². The fraction of sp³-hybridized carbons (Fsp3) is 0.650. The lowest BCUT2D eigenvalue weighted by Crippen LogP contribution is -2.59. The summed E-state index contributed by atoms with van der Waals surface area (Å²) < 4.78 is 45.6. The van der Waals surface area contributed by atoms with Crippen molar-refractivity contribution in [3.8, 4) is 0 Å². The predicted octanol–water partition coefficient (Wildman–Crippen LogP) is 4.84. The molecule has 1 aliphatic rings. The van der Waals surface area contributed by atoms with Crippen molar-refractivity contribution in [1.82, 2.24) is 9.80 Å². The summed E-state index contributed by atoms with van der Waals surface area (Å²) in [7, 11) is 0. The van der Waals surface area contributed by atoms with Crippen LogP contribution in [-0.2, 0) is 17.5 Å². The molecule has 0 aliphatic carbocycles. The Kier molecular flexibility index (Phi) is 6.14. The van der Waals surface area contributed by atoms with Crippen molar-refractivity contribution in [3.63, 3.8) is 0 Å². The summed E-state index contributed by atoms with van der Waals surface area (Å²) >= 11 is 0. The van der Waals surface area contributed by atoms with E-state index in [1.54, 1.807) is 24.0 Å². The Balaban J connectivity index is 2.13. The summed E-state index contributed by atoms with van der Waals surface area (Å²) in [6.45, 7) is 12.1. The molecule has 4 nitrogen and oxygen atoms in total. The summed E-state index contributed by atoms with van der Waals surface area (Å²) in [5, 5.41) is 0. The summed E-state index contributed by atoms with van der Waals surface area (Å²) in [5.74, 6) is 0. The topological polar surface area (TPSA) is 32.8 Å². The van der Waals surface area contributed by atoms with Gasteiger partial charge in [0.2, 0.25) is 0 Å². The third-order valence-electron chi connectivity index (χ3n) is 4.56. The Hall–Kier alpha value is -1.76. The van der Waals surface area contributed by atoms with Crippen molar-refractivity contribution >= 4 is 6.09 Å². The van der Waals surface area contributed by atoms with Crippen LogP contribution in [0, 0.1) is 6.92 Å². The van der Waals surface area contributed by atoms with E-state index in [1.165, 1.54) is 6.07 Å². The van der Waals surface area contributed by atoms with E-state index in [2.05, 4.69) is 0 Å². The number of halogens is 3. The molecule has 0 radical (unpaired) electrons. The highest BCUT2D eigenvalue weighted by Crippen LogP contribution is 2.33. The molecule has 0 N–H and O–H groups in total. The minimum absolute atomic E-state index is 0.150. The molecule has 0 spiro atoms. The Morgan fingerprint density at radius 2 is 1.70 bits per heavy atom. The first-order valence-corrected chi connectivity index (χ1v) is 9.18. The van der Waals surface area contributed by atoms with Crippen LogP contribution in [0.3, 0.4) is 0 Å². The van der Waals surface area contributed by atoms with Crippen LogP contribution >= 0.6 is 0 Å². The molecule has 1 amide bonds. The number of aryl methyl sites for hydroxylation is 1. The van der Waals surface area contributed by atoms with E-state index in [-0.39, 0.29) is 30.3 Å². The fourth-order valence-electron chi connectivity index (χ4n) is 3.57. The number of rotatable bonds is 2. The van der Waals surface area contributed by atoms with Crippen molar-refractivity contribution in [1.29, 1.82) is 0 Å². The van der Waals surface area contributed by atoms with Gasteiger partial charge in [-0.3, -0.25) is 4.90 Å². The number of piperazine rings is 1. The average Bonchev–Trinajstić information content (AvgIpc) is 2.45. The maximum atomic E-state index is 13.4. The van der Waals surface area contributed by atoms with Crippen molar-refractivity contribution in [2.24, 2.45) is 0 Å². The molecule has 2 unspecified atom stereocenters. The van der Waals surface area contributed by atoms with E-state index in [9.17, 15) is 18.0 Å². The minimum atomic E-state index is -4.38. The second-order valence-corrected chi connectivity index (χ2v) is 8.44. The Labute approximate surface area is 159 Å². The van der Waals surface area contributed by atoms with E-state index in [0.29, 0.717) is 18.7 Å². The number of hydrogen-bond acceptors (Lipinski definition) is 3. The number of carbonyl (C=O) groups is 1. The first kappa shape index (κ1) is 21.5. The molecule has 7 heteroatoms. The predicted molar refractivity (Wildman–Crippen MR) is 98.5 cm³/mol. The third kappa shape index (κ3) is 5.61. The molecule has 152 valence electrons. The van der Waals surface area contributed by atoms with Gasteiger partial charge in [-0.1, -0.05) is 17.7 Å². The normalized spacial score (nSPS) is 22.0. The first-order chi connectivity index (χ1) is 12.3. The van der Waals surface area contributed by atoms with Crippen LogP contribution in [0.2, 0.25) is 0 Å². The molecular formula is C20H29F3N2O2. The van der Waals surface area contributed by atoms with Gasteiger partial charge < -0.3 is 9.64 Å². The van der Waals surface area contributed by atoms with Gasteiger partial charge in [0, 0.05) is 31.7 Å². The fourth-order valence-corrected chi connectivity index (χ4v) is 3.57. The number of carbonyl (C=O) groups excluding carboxylic acids is 1. The van der Waals surface area contributed by atoms with Crippen LogP contribution in [0.1, 0.15) is 51.3 Å². The molecule has 1 heterocycles. The number of amides is 1. The molecule has 0 saturated carbocycles. The molecular weight excluding hydrogens is 357 g/mol. The van der Waals surface area contributed by atoms with Gasteiger partial charge in [-0.15, -0.1) is 0 Å². The lowest BCUT2D eigenvalue weighted by atomic mass is 10.0. The lowest BCUT2D eigenvalue weighted by molar-refractivity contribution is -0.138. The van der Waals surface area contributed by atoms with E-state index in [4.69, 9.17) is 4.74 Å². The molecule has 1 aromatic rings. The van der Waals surface area contributed by atoms with Crippen molar-refractivity contribution < 1.29 is 22.7 Å². The molecule has 1 fully saturated rings. The van der Waals surface area contributed by atoms with Crippen LogP contribution in [0.15, 0.2) is 18.2 Å². The van der Waals surface area contributed by atoms with Gasteiger partial charge in [0.05, 0.1) is 5.56 Å². The molecule has 0 aromatic heterocycles. The van der Waals surface area contributed by atoms with Crippen LogP contribution in [0.25, 0.3) is 0 Å². The monoisotopic (exact) mass is 386 g/mol. The van der Waals surface area contributed by atoms with E-state index in [1.807, 2.05) is 39.5 Å². The van der Waals surface area contributed by atoms with Crippen LogP contribution < -0.4 is 0 Å². The van der Waals surface area contributed by atoms with Gasteiger partial charge in [-0.2, -0.15) is 13.2 Å². The van der Waals surface area contributed by atoms with Gasteiger partial charge >= 0.3 is 12.3 Å². The lowest BCUT2D eigenvalue weighted by Gasteiger charge is -2.44. The van der Waals surface area contributed by atoms with Crippen LogP contribution in [0.4, 0.5) is 18.0 Å². The Morgan fingerprint density at radius 3 is 2.19 bits per heavy atom. The number of alkyl halides is 3. The van der Waals surface area contributed by atoms with Gasteiger partial charge in [0.1, 0.15) is 5.60 Å². The van der Waals surface area contributed by atoms with E-state index < -0.39 is 17.3 Å². The molecule has 2 atom stereocenters. The summed E-state index contributed by atoms with van der Waals surface area (Å²) in [5.41, 5.74) is -0.324. The van der Waals surface area contributed by atoms with Gasteiger partial charge in [-0.25, -0.2) is 4.79 Å². The molecule has 1 aromatic carbocycles. The second-order valence-electron chi connectivity index (χ2n) is 8.44. The minimum Gasteiger partial charge on any atom is -0.444 e. The highest BCUT2D eigenvalue weighted by Gasteiger charge is 2.37. The zero-order valence-corrected chi connectivity index (χ0v) is 16.9. The first-order valence-electron chi connectivity index (χ1n) is 9.18. The van der Waals surface area contributed by atoms with E-state index in [0.717, 1.165) is 0 Å². The quantitative estimate of drug-likeness (QED) is 0.729. The highest BCUT2D eigenvalue weighted by molar-refractivity contribution is 5.69. The molecule has 0 bridgehead atoms. The van der Waals surface area contributed by atoms with Crippen molar-refractivity contribution in [2.75, 3.05) is 13.1 Å². The van der Waals surface area contributed by atoms with Crippen molar-refractivity contribution in [3.05, 3.63) is 34.9 Å². The van der Waals surface area contributed by atoms with Gasteiger partial charge in [-0.05, 0) is 53.2 Å². The zero-order chi connectivity index (χ0) is 20.6. The zero-order valence-electron chi connectivity index (χ0n) is 16.9. The molecule has 2 rings (SSSR count). The highest BCUT2D eigenvalue weighted by atomic mass is 19.4. The Bertz CT molecular complexity index is 671. The third-order valence-corrected chi connectivity index (χ3v) is 4.56. The number of hydrogen-bond donors (Lipinski definition) is 0. The van der Waals surface area contributed by atoms with Gasteiger partial charge in [0.25, 0.3) is 0 Å². The summed E-state index contributed by atoms with van der Waals surface area (Å²) in [6, 6.07) is 4.15. The molecule has 1 saturated heterocycles. The number of ether oxygens (including phenoxy) is 1.